The van der Waals surface area contributed by atoms with Gasteiger partial charge < -0.3 is 9.88 Å². The van der Waals surface area contributed by atoms with E-state index in [1.54, 1.807) is 0 Å². The van der Waals surface area contributed by atoms with E-state index in [9.17, 15) is 8.42 Å². The Balaban J connectivity index is 1.69. The van der Waals surface area contributed by atoms with Crippen LogP contribution in [0.2, 0.25) is 0 Å². The lowest BCUT2D eigenvalue weighted by Gasteiger charge is -2.26. The number of hydrogen-bond acceptors (Lipinski definition) is 5. The van der Waals surface area contributed by atoms with Gasteiger partial charge >= 0.3 is 0 Å². The molecule has 3 rings (SSSR count). The van der Waals surface area contributed by atoms with Crippen LogP contribution in [0.3, 0.4) is 0 Å². The number of hydrogen-bond donors (Lipinski definition) is 1. The molecule has 2 aliphatic rings. The van der Waals surface area contributed by atoms with Crippen molar-refractivity contribution in [3.63, 3.8) is 0 Å². The van der Waals surface area contributed by atoms with E-state index in [4.69, 9.17) is 0 Å². The smallest absolute Gasteiger partial charge is 0.151 e. The molecule has 2 unspecified atom stereocenters. The van der Waals surface area contributed by atoms with Gasteiger partial charge in [0, 0.05) is 19.0 Å². The lowest BCUT2D eigenvalue weighted by Crippen LogP contribution is -2.41. The standard InChI is InChI=1S/C12H20N4O2S/c1-9(12-15-14-11-5-2-6-16(11)12)13-10-4-3-7-19(17,18)8-10/h9-10,13H,2-8H2,1H3. The van der Waals surface area contributed by atoms with Crippen molar-refractivity contribution in [2.24, 2.45) is 0 Å². The van der Waals surface area contributed by atoms with Crippen molar-refractivity contribution in [3.05, 3.63) is 11.6 Å². The highest BCUT2D eigenvalue weighted by molar-refractivity contribution is 7.91. The largest absolute Gasteiger partial charge is 0.314 e. The van der Waals surface area contributed by atoms with Crippen LogP contribution < -0.4 is 5.32 Å². The number of nitrogens with zero attached hydrogens (tertiary/aromatic N) is 3. The normalized spacial score (nSPS) is 27.1. The van der Waals surface area contributed by atoms with Crippen molar-refractivity contribution < 1.29 is 8.42 Å². The van der Waals surface area contributed by atoms with E-state index in [1.807, 2.05) is 6.92 Å². The van der Waals surface area contributed by atoms with Crippen LogP contribution in [0.1, 0.15) is 43.9 Å². The Kier molecular flexibility index (Phi) is 3.34. The van der Waals surface area contributed by atoms with Gasteiger partial charge in [0.15, 0.2) is 9.84 Å². The summed E-state index contributed by atoms with van der Waals surface area (Å²) in [6.45, 7) is 3.02. The minimum absolute atomic E-state index is 0.0445. The first-order valence-corrected chi connectivity index (χ1v) is 8.76. The molecule has 2 aliphatic heterocycles. The van der Waals surface area contributed by atoms with Crippen LogP contribution in [0.5, 0.6) is 0 Å². The zero-order valence-electron chi connectivity index (χ0n) is 11.2. The predicted molar refractivity (Wildman–Crippen MR) is 71.6 cm³/mol. The molecule has 0 spiro atoms. The van der Waals surface area contributed by atoms with E-state index in [0.29, 0.717) is 5.75 Å². The first kappa shape index (κ1) is 13.1. The van der Waals surface area contributed by atoms with Crippen molar-refractivity contribution in [2.45, 2.75) is 51.2 Å². The Hall–Kier alpha value is -0.950. The molecule has 0 aliphatic carbocycles. The quantitative estimate of drug-likeness (QED) is 0.872. The second kappa shape index (κ2) is 4.86. The molecule has 1 N–H and O–H groups in total. The molecule has 106 valence electrons. The summed E-state index contributed by atoms with van der Waals surface area (Å²) in [6, 6.07) is 0.0979. The molecule has 1 fully saturated rings. The van der Waals surface area contributed by atoms with Crippen LogP contribution in [-0.4, -0.2) is 40.7 Å². The van der Waals surface area contributed by atoms with E-state index in [1.165, 1.54) is 0 Å². The lowest BCUT2D eigenvalue weighted by molar-refractivity contribution is 0.418. The second-order valence-corrected chi connectivity index (χ2v) is 7.80. The summed E-state index contributed by atoms with van der Waals surface area (Å²) in [7, 11) is -2.86. The van der Waals surface area contributed by atoms with Gasteiger partial charge in [0.05, 0.1) is 17.5 Å². The van der Waals surface area contributed by atoms with Crippen molar-refractivity contribution in [3.8, 4) is 0 Å². The van der Waals surface area contributed by atoms with Crippen molar-refractivity contribution in [1.29, 1.82) is 0 Å². The maximum absolute atomic E-state index is 11.6. The van der Waals surface area contributed by atoms with Gasteiger partial charge in [-0.3, -0.25) is 0 Å². The fourth-order valence-corrected chi connectivity index (χ4v) is 4.72. The summed E-state index contributed by atoms with van der Waals surface area (Å²) in [6.07, 6.45) is 3.80. The third-order valence-corrected chi connectivity index (χ3v) is 5.80. The summed E-state index contributed by atoms with van der Waals surface area (Å²) in [5, 5.41) is 11.8. The summed E-state index contributed by atoms with van der Waals surface area (Å²) >= 11 is 0. The predicted octanol–water partition coefficient (Wildman–Crippen LogP) is 0.452. The Morgan fingerprint density at radius 3 is 3.00 bits per heavy atom. The van der Waals surface area contributed by atoms with Gasteiger partial charge in [0.2, 0.25) is 0 Å². The maximum atomic E-state index is 11.6. The molecular formula is C12H20N4O2S. The minimum atomic E-state index is -2.86. The van der Waals surface area contributed by atoms with Gasteiger partial charge in [-0.25, -0.2) is 8.42 Å². The molecule has 19 heavy (non-hydrogen) atoms. The van der Waals surface area contributed by atoms with Gasteiger partial charge in [0.25, 0.3) is 0 Å². The molecular weight excluding hydrogens is 264 g/mol. The van der Waals surface area contributed by atoms with Gasteiger partial charge in [-0.15, -0.1) is 10.2 Å². The van der Waals surface area contributed by atoms with Crippen LogP contribution in [0.15, 0.2) is 0 Å². The number of rotatable bonds is 3. The highest BCUT2D eigenvalue weighted by Crippen LogP contribution is 2.21. The molecule has 2 atom stereocenters. The maximum Gasteiger partial charge on any atom is 0.151 e. The molecule has 1 saturated heterocycles. The molecule has 0 amide bonds. The first-order valence-electron chi connectivity index (χ1n) is 6.93. The number of nitrogens with one attached hydrogen (secondary N) is 1. The third kappa shape index (κ3) is 2.67. The Bertz CT molecular complexity index is 566. The van der Waals surface area contributed by atoms with Gasteiger partial charge in [-0.05, 0) is 26.2 Å². The number of fused-ring (bicyclic) bond motifs is 1. The van der Waals surface area contributed by atoms with Crippen molar-refractivity contribution in [1.82, 2.24) is 20.1 Å². The average Bonchev–Trinajstić information content (AvgIpc) is 2.88. The van der Waals surface area contributed by atoms with Crippen molar-refractivity contribution >= 4 is 9.84 Å². The summed E-state index contributed by atoms with van der Waals surface area (Å²) in [5.74, 6) is 2.58. The minimum Gasteiger partial charge on any atom is -0.314 e. The fourth-order valence-electron chi connectivity index (χ4n) is 3.08. The molecule has 0 saturated carbocycles. The summed E-state index contributed by atoms with van der Waals surface area (Å²) < 4.78 is 25.4. The van der Waals surface area contributed by atoms with E-state index in [0.717, 1.165) is 43.9 Å². The summed E-state index contributed by atoms with van der Waals surface area (Å²) in [4.78, 5) is 0. The number of aromatic nitrogens is 3. The Morgan fingerprint density at radius 2 is 2.21 bits per heavy atom. The zero-order chi connectivity index (χ0) is 13.5. The Labute approximate surface area is 113 Å². The Morgan fingerprint density at radius 1 is 1.37 bits per heavy atom. The van der Waals surface area contributed by atoms with E-state index < -0.39 is 9.84 Å². The molecule has 0 radical (unpaired) electrons. The molecule has 7 heteroatoms. The van der Waals surface area contributed by atoms with Gasteiger partial charge in [0.1, 0.15) is 11.6 Å². The topological polar surface area (TPSA) is 76.9 Å². The molecule has 1 aromatic heterocycles. The molecule has 0 bridgehead atoms. The van der Waals surface area contributed by atoms with Crippen LogP contribution >= 0.6 is 0 Å². The van der Waals surface area contributed by atoms with Crippen LogP contribution in [0, 0.1) is 0 Å². The molecule has 3 heterocycles. The molecule has 0 aromatic carbocycles. The van der Waals surface area contributed by atoms with E-state index in [2.05, 4.69) is 20.1 Å². The highest BCUT2D eigenvalue weighted by Gasteiger charge is 2.28. The van der Waals surface area contributed by atoms with Crippen LogP contribution in [-0.2, 0) is 22.8 Å². The zero-order valence-corrected chi connectivity index (χ0v) is 12.0. The number of aryl methyl sites for hydroxylation is 1. The van der Waals surface area contributed by atoms with E-state index in [-0.39, 0.29) is 17.8 Å². The molecule has 6 nitrogen and oxygen atoms in total. The molecule has 1 aromatic rings. The average molecular weight is 284 g/mol. The highest BCUT2D eigenvalue weighted by atomic mass is 32.2. The van der Waals surface area contributed by atoms with Crippen LogP contribution in [0.4, 0.5) is 0 Å². The summed E-state index contributed by atoms with van der Waals surface area (Å²) in [5.41, 5.74) is 0. The monoisotopic (exact) mass is 284 g/mol. The SMILES string of the molecule is CC(NC1CCCS(=O)(=O)C1)c1nnc2n1CCC2. The second-order valence-electron chi connectivity index (χ2n) is 5.57. The third-order valence-electron chi connectivity index (χ3n) is 3.97. The van der Waals surface area contributed by atoms with Crippen molar-refractivity contribution in [2.75, 3.05) is 11.5 Å². The van der Waals surface area contributed by atoms with Gasteiger partial charge in [-0.2, -0.15) is 0 Å². The number of sulfone groups is 1. The van der Waals surface area contributed by atoms with E-state index >= 15 is 0 Å². The lowest BCUT2D eigenvalue weighted by atomic mass is 10.1. The fraction of sp³-hybridized carbons (Fsp3) is 0.833. The first-order chi connectivity index (χ1) is 9.05. The van der Waals surface area contributed by atoms with Crippen LogP contribution in [0.25, 0.3) is 0 Å². The van der Waals surface area contributed by atoms with Gasteiger partial charge in [-0.1, -0.05) is 0 Å².